The molecule has 0 radical (unpaired) electrons. The monoisotopic (exact) mass is 497 g/mol. The lowest BCUT2D eigenvalue weighted by atomic mass is 9.64. The van der Waals surface area contributed by atoms with Crippen LogP contribution in [0.15, 0.2) is 42.0 Å². The molecule has 1 saturated heterocycles. The molecule has 4 rings (SSSR count). The fraction of sp³-hybridized carbons (Fsp3) is 0.423. The van der Waals surface area contributed by atoms with Crippen molar-refractivity contribution in [2.75, 3.05) is 19.7 Å². The SMILES string of the molecule is CC1(C)[C@H]2CC[C@]1([C@@H]1CN(C(=O)C(=N)/C=C\C(N)=O)CCO1)C(=N)/C2=C\C(=N)c1c(F)cccc1F. The molecule has 3 aliphatic rings. The number of benzene rings is 1. The summed E-state index contributed by atoms with van der Waals surface area (Å²) in [7, 11) is 0. The molecule has 2 bridgehead atoms. The fourth-order valence-electron chi connectivity index (χ4n) is 6.22. The van der Waals surface area contributed by atoms with E-state index in [-0.39, 0.29) is 42.7 Å². The average molecular weight is 498 g/mol. The third-order valence-corrected chi connectivity index (χ3v) is 8.04. The second-order valence-electron chi connectivity index (χ2n) is 10.0. The van der Waals surface area contributed by atoms with Gasteiger partial charge in [0.15, 0.2) is 0 Å². The Hall–Kier alpha value is -3.53. The maximum atomic E-state index is 14.3. The Bertz CT molecular complexity index is 1220. The fourth-order valence-corrected chi connectivity index (χ4v) is 6.22. The van der Waals surface area contributed by atoms with Crippen LogP contribution in [0.5, 0.6) is 0 Å². The third-order valence-electron chi connectivity index (χ3n) is 8.04. The number of nitrogens with zero attached hydrogens (tertiary/aromatic N) is 1. The number of rotatable bonds is 6. The molecule has 5 N–H and O–H groups in total. The topological polar surface area (TPSA) is 144 Å². The highest BCUT2D eigenvalue weighted by molar-refractivity contribution is 6.42. The van der Waals surface area contributed by atoms with Gasteiger partial charge < -0.3 is 26.2 Å². The molecule has 0 spiro atoms. The molecule has 1 heterocycles. The van der Waals surface area contributed by atoms with E-state index in [0.717, 1.165) is 24.3 Å². The second-order valence-corrected chi connectivity index (χ2v) is 10.0. The van der Waals surface area contributed by atoms with Gasteiger partial charge in [0.05, 0.1) is 24.0 Å². The largest absolute Gasteiger partial charge is 0.374 e. The number of carbonyl (C=O) groups excluding carboxylic acids is 2. The number of fused-ring (bicyclic) bond motifs is 2. The quantitative estimate of drug-likeness (QED) is 0.354. The van der Waals surface area contributed by atoms with Crippen LogP contribution in [0.3, 0.4) is 0 Å². The number of morpholine rings is 1. The molecular weight excluding hydrogens is 468 g/mol. The van der Waals surface area contributed by atoms with Gasteiger partial charge >= 0.3 is 0 Å². The van der Waals surface area contributed by atoms with E-state index < -0.39 is 45.9 Å². The summed E-state index contributed by atoms with van der Waals surface area (Å²) < 4.78 is 34.7. The van der Waals surface area contributed by atoms with Gasteiger partial charge in [-0.15, -0.1) is 0 Å². The lowest BCUT2D eigenvalue weighted by Gasteiger charge is -2.47. The summed E-state index contributed by atoms with van der Waals surface area (Å²) in [5.74, 6) is -3.12. The van der Waals surface area contributed by atoms with E-state index in [1.165, 1.54) is 17.0 Å². The van der Waals surface area contributed by atoms with Crippen molar-refractivity contribution in [1.29, 1.82) is 16.2 Å². The predicted octanol–water partition coefficient (Wildman–Crippen LogP) is 3.00. The van der Waals surface area contributed by atoms with Crippen molar-refractivity contribution >= 4 is 28.9 Å². The molecule has 2 amide bonds. The molecule has 0 aromatic heterocycles. The molecule has 36 heavy (non-hydrogen) atoms. The minimum Gasteiger partial charge on any atom is -0.374 e. The lowest BCUT2D eigenvalue weighted by molar-refractivity contribution is -0.139. The van der Waals surface area contributed by atoms with Gasteiger partial charge in [0.2, 0.25) is 5.91 Å². The molecule has 190 valence electrons. The molecule has 1 aromatic carbocycles. The summed E-state index contributed by atoms with van der Waals surface area (Å²) >= 11 is 0. The number of hydrogen-bond acceptors (Lipinski definition) is 6. The molecule has 0 unspecified atom stereocenters. The van der Waals surface area contributed by atoms with Crippen LogP contribution in [0.2, 0.25) is 0 Å². The number of nitrogens with one attached hydrogen (secondary N) is 3. The zero-order valence-corrected chi connectivity index (χ0v) is 20.2. The van der Waals surface area contributed by atoms with Crippen molar-refractivity contribution in [3.8, 4) is 0 Å². The average Bonchev–Trinajstić information content (AvgIpc) is 3.18. The number of hydrogen-bond donors (Lipinski definition) is 4. The van der Waals surface area contributed by atoms with Crippen LogP contribution < -0.4 is 5.73 Å². The number of halogens is 2. The first kappa shape index (κ1) is 25.6. The maximum Gasteiger partial charge on any atom is 0.271 e. The zero-order valence-electron chi connectivity index (χ0n) is 20.2. The van der Waals surface area contributed by atoms with Crippen LogP contribution in [0, 0.1) is 44.6 Å². The van der Waals surface area contributed by atoms with Crippen molar-refractivity contribution in [3.63, 3.8) is 0 Å². The van der Waals surface area contributed by atoms with Gasteiger partial charge in [-0.05, 0) is 54.0 Å². The number of ether oxygens (including phenoxy) is 1. The summed E-state index contributed by atoms with van der Waals surface area (Å²) in [4.78, 5) is 25.3. The minimum absolute atomic E-state index is 0.119. The van der Waals surface area contributed by atoms with Gasteiger partial charge in [-0.2, -0.15) is 0 Å². The highest BCUT2D eigenvalue weighted by Crippen LogP contribution is 2.68. The minimum atomic E-state index is -0.835. The van der Waals surface area contributed by atoms with Gasteiger partial charge in [-0.25, -0.2) is 8.78 Å². The summed E-state index contributed by atoms with van der Waals surface area (Å²) in [5, 5.41) is 25.5. The van der Waals surface area contributed by atoms with Crippen molar-refractivity contribution in [3.05, 3.63) is 59.2 Å². The Morgan fingerprint density at radius 2 is 1.86 bits per heavy atom. The van der Waals surface area contributed by atoms with Crippen LogP contribution in [0.4, 0.5) is 8.78 Å². The molecule has 3 atom stereocenters. The van der Waals surface area contributed by atoms with Gasteiger partial charge in [-0.3, -0.25) is 15.0 Å². The van der Waals surface area contributed by atoms with Crippen molar-refractivity contribution < 1.29 is 23.1 Å². The summed E-state index contributed by atoms with van der Waals surface area (Å²) in [6.45, 7) is 4.67. The predicted molar refractivity (Wildman–Crippen MR) is 130 cm³/mol. The lowest BCUT2D eigenvalue weighted by Crippen LogP contribution is -2.57. The number of nitrogens with two attached hydrogens (primary N) is 1. The summed E-state index contributed by atoms with van der Waals surface area (Å²) in [6, 6.07) is 3.43. The van der Waals surface area contributed by atoms with E-state index in [4.69, 9.17) is 26.7 Å². The van der Waals surface area contributed by atoms with E-state index in [0.29, 0.717) is 18.4 Å². The smallest absolute Gasteiger partial charge is 0.271 e. The van der Waals surface area contributed by atoms with Crippen LogP contribution in [0.25, 0.3) is 0 Å². The normalized spacial score (nSPS) is 28.2. The molecule has 2 saturated carbocycles. The van der Waals surface area contributed by atoms with Crippen LogP contribution in [0.1, 0.15) is 32.3 Å². The van der Waals surface area contributed by atoms with Crippen molar-refractivity contribution in [2.24, 2.45) is 22.5 Å². The number of amides is 2. The Morgan fingerprint density at radius 3 is 2.50 bits per heavy atom. The summed E-state index contributed by atoms with van der Waals surface area (Å²) in [5.41, 5.74) is 3.49. The van der Waals surface area contributed by atoms with Crippen molar-refractivity contribution in [2.45, 2.75) is 32.8 Å². The second kappa shape index (κ2) is 9.16. The van der Waals surface area contributed by atoms with Crippen LogP contribution >= 0.6 is 0 Å². The first-order chi connectivity index (χ1) is 16.9. The number of carbonyl (C=O) groups is 2. The molecule has 1 aliphatic heterocycles. The highest BCUT2D eigenvalue weighted by Gasteiger charge is 2.68. The van der Waals surface area contributed by atoms with E-state index in [1.807, 2.05) is 13.8 Å². The van der Waals surface area contributed by atoms with Gasteiger partial charge in [0.1, 0.15) is 17.3 Å². The number of allylic oxidation sites excluding steroid dienone is 2. The molecule has 8 nitrogen and oxygen atoms in total. The Morgan fingerprint density at radius 1 is 1.19 bits per heavy atom. The first-order valence-corrected chi connectivity index (χ1v) is 11.7. The molecule has 2 aliphatic carbocycles. The molecule has 3 fully saturated rings. The standard InChI is InChI=1S/C26H29F2N5O3/c1-25(2)15-8-9-26(25,20-13-33(10-11-36-20)24(35)18(29)6-7-21(31)34)23(32)14(15)12-19(30)22-16(27)4-3-5-17(22)28/h3-7,12,15,20,29-30,32H,8-11,13H2,1-2H3,(H2,31,34)/b7-6-,14-12-,29-18?,30-19?,32-23?/t15-,20-,26-/m0/s1. The van der Waals surface area contributed by atoms with E-state index in [2.05, 4.69) is 0 Å². The Balaban J connectivity index is 1.64. The number of primary amides is 1. The van der Waals surface area contributed by atoms with Gasteiger partial charge in [0, 0.05) is 30.3 Å². The van der Waals surface area contributed by atoms with E-state index in [1.54, 1.807) is 0 Å². The van der Waals surface area contributed by atoms with Gasteiger partial charge in [0.25, 0.3) is 5.91 Å². The molecular formula is C26H29F2N5O3. The zero-order chi connectivity index (χ0) is 26.4. The highest BCUT2D eigenvalue weighted by atomic mass is 19.1. The van der Waals surface area contributed by atoms with E-state index in [9.17, 15) is 18.4 Å². The summed E-state index contributed by atoms with van der Waals surface area (Å²) in [6.07, 6.45) is 4.22. The van der Waals surface area contributed by atoms with E-state index >= 15 is 0 Å². The van der Waals surface area contributed by atoms with Crippen molar-refractivity contribution in [1.82, 2.24) is 4.90 Å². The molecule has 1 aromatic rings. The Kier molecular flexibility index (Phi) is 6.51. The first-order valence-electron chi connectivity index (χ1n) is 11.7. The van der Waals surface area contributed by atoms with Gasteiger partial charge in [-0.1, -0.05) is 19.9 Å². The molecule has 10 heteroatoms. The third kappa shape index (κ3) is 3.89. The maximum absolute atomic E-state index is 14.3. The van der Waals surface area contributed by atoms with Crippen LogP contribution in [-0.2, 0) is 14.3 Å². The van der Waals surface area contributed by atoms with Crippen LogP contribution in [-0.4, -0.2) is 59.6 Å². The Labute approximate surface area is 207 Å².